The highest BCUT2D eigenvalue weighted by molar-refractivity contribution is 7.18. The normalized spacial score (nSPS) is 11.5. The summed E-state index contributed by atoms with van der Waals surface area (Å²) in [6.45, 7) is 1.64. The predicted molar refractivity (Wildman–Crippen MR) is 113 cm³/mol. The van der Waals surface area contributed by atoms with E-state index >= 15 is 0 Å². The number of aromatic nitrogens is 2. The van der Waals surface area contributed by atoms with Gasteiger partial charge < -0.3 is 10.1 Å². The first-order valence-electron chi connectivity index (χ1n) is 9.17. The van der Waals surface area contributed by atoms with Crippen molar-refractivity contribution in [3.63, 3.8) is 0 Å². The van der Waals surface area contributed by atoms with Crippen LogP contribution in [-0.4, -0.2) is 35.2 Å². The highest BCUT2D eigenvalue weighted by Crippen LogP contribution is 2.27. The zero-order valence-electron chi connectivity index (χ0n) is 16.2. The third-order valence-corrected chi connectivity index (χ3v) is 5.13. The second-order valence-corrected chi connectivity index (χ2v) is 7.38. The number of nitrogens with one attached hydrogen (secondary N) is 2. The number of anilines is 1. The molecule has 0 unspecified atom stereocenters. The Morgan fingerprint density at radius 3 is 2.48 bits per heavy atom. The Bertz CT molecular complexity index is 958. The number of carbonyl (C=O) groups excluding carboxylic acids is 2. The third kappa shape index (κ3) is 5.86. The molecule has 7 nitrogen and oxygen atoms in total. The second kappa shape index (κ2) is 9.79. The molecule has 1 heterocycles. The molecule has 3 aromatic rings. The third-order valence-electron chi connectivity index (χ3n) is 4.25. The van der Waals surface area contributed by atoms with E-state index < -0.39 is 6.04 Å². The molecule has 0 radical (unpaired) electrons. The zero-order chi connectivity index (χ0) is 20.6. The van der Waals surface area contributed by atoms with Gasteiger partial charge in [0, 0.05) is 12.0 Å². The molecule has 2 aromatic carbocycles. The van der Waals surface area contributed by atoms with E-state index in [9.17, 15) is 9.59 Å². The summed E-state index contributed by atoms with van der Waals surface area (Å²) in [4.78, 5) is 24.4. The minimum atomic E-state index is -0.674. The van der Waals surface area contributed by atoms with E-state index in [1.807, 2.05) is 54.6 Å². The Labute approximate surface area is 173 Å². The largest absolute Gasteiger partial charge is 0.497 e. The van der Waals surface area contributed by atoms with Crippen molar-refractivity contribution in [2.75, 3.05) is 12.4 Å². The molecule has 0 bridgehead atoms. The second-order valence-electron chi connectivity index (χ2n) is 6.40. The van der Waals surface area contributed by atoms with E-state index in [4.69, 9.17) is 4.74 Å². The lowest BCUT2D eigenvalue weighted by molar-refractivity contribution is -0.126. The van der Waals surface area contributed by atoms with Gasteiger partial charge >= 0.3 is 0 Å². The van der Waals surface area contributed by atoms with Gasteiger partial charge in [-0.1, -0.05) is 41.7 Å². The van der Waals surface area contributed by atoms with E-state index in [2.05, 4.69) is 20.8 Å². The Morgan fingerprint density at radius 1 is 1.07 bits per heavy atom. The van der Waals surface area contributed by atoms with Gasteiger partial charge in [0.2, 0.25) is 16.9 Å². The number of rotatable bonds is 8. The van der Waals surface area contributed by atoms with Crippen molar-refractivity contribution in [2.45, 2.75) is 25.8 Å². The Hall–Kier alpha value is -3.26. The van der Waals surface area contributed by atoms with Gasteiger partial charge in [-0.2, -0.15) is 0 Å². The fourth-order valence-electron chi connectivity index (χ4n) is 2.62. The number of hydrogen-bond acceptors (Lipinski definition) is 6. The molecule has 2 amide bonds. The topological polar surface area (TPSA) is 93.2 Å². The van der Waals surface area contributed by atoms with Crippen LogP contribution in [-0.2, 0) is 16.0 Å². The lowest BCUT2D eigenvalue weighted by atomic mass is 10.1. The number of hydrogen-bond donors (Lipinski definition) is 2. The minimum Gasteiger partial charge on any atom is -0.497 e. The average molecular weight is 410 g/mol. The maximum Gasteiger partial charge on any atom is 0.248 e. The van der Waals surface area contributed by atoms with Crippen molar-refractivity contribution < 1.29 is 14.3 Å². The maximum absolute atomic E-state index is 12.3. The van der Waals surface area contributed by atoms with Gasteiger partial charge in [0.1, 0.15) is 16.8 Å². The van der Waals surface area contributed by atoms with E-state index in [1.54, 1.807) is 14.0 Å². The Morgan fingerprint density at radius 2 is 1.79 bits per heavy atom. The number of aryl methyl sites for hydroxylation is 1. The van der Waals surface area contributed by atoms with Crippen LogP contribution in [0.1, 0.15) is 18.9 Å². The van der Waals surface area contributed by atoms with E-state index in [1.165, 1.54) is 11.3 Å². The smallest absolute Gasteiger partial charge is 0.248 e. The van der Waals surface area contributed by atoms with Crippen molar-refractivity contribution in [2.24, 2.45) is 0 Å². The summed E-state index contributed by atoms with van der Waals surface area (Å²) >= 11 is 1.26. The molecule has 1 atom stereocenters. The highest BCUT2D eigenvalue weighted by atomic mass is 32.1. The summed E-state index contributed by atoms with van der Waals surface area (Å²) in [5.74, 6) is 0.242. The van der Waals surface area contributed by atoms with Crippen LogP contribution in [0.3, 0.4) is 0 Å². The first-order chi connectivity index (χ1) is 14.0. The van der Waals surface area contributed by atoms with Gasteiger partial charge in [0.05, 0.1) is 7.11 Å². The summed E-state index contributed by atoms with van der Waals surface area (Å²) in [5, 5.41) is 14.6. The molecule has 0 saturated carbocycles. The molecule has 0 aliphatic rings. The standard InChI is InChI=1S/C21H22N4O3S/c1-14(22-18(26)13-8-15-6-4-3-5-7-15)19(27)23-21-25-24-20(29-21)16-9-11-17(28-2)12-10-16/h3-7,9-12,14H,8,13H2,1-2H3,(H,22,26)(H,23,25,27)/t14-/m1/s1. The molecule has 8 heteroatoms. The van der Waals surface area contributed by atoms with Crippen molar-refractivity contribution in [3.05, 3.63) is 60.2 Å². The number of nitrogens with zero attached hydrogens (tertiary/aromatic N) is 2. The molecule has 0 spiro atoms. The summed E-state index contributed by atoms with van der Waals surface area (Å²) in [6, 6.07) is 16.5. The van der Waals surface area contributed by atoms with Crippen LogP contribution in [0.2, 0.25) is 0 Å². The molecule has 2 N–H and O–H groups in total. The van der Waals surface area contributed by atoms with Crippen LogP contribution in [0.15, 0.2) is 54.6 Å². The Balaban J connectivity index is 1.50. The molecular weight excluding hydrogens is 388 g/mol. The van der Waals surface area contributed by atoms with Crippen LogP contribution in [0.4, 0.5) is 5.13 Å². The maximum atomic E-state index is 12.3. The van der Waals surface area contributed by atoms with Gasteiger partial charge in [0.25, 0.3) is 0 Å². The minimum absolute atomic E-state index is 0.173. The Kier molecular flexibility index (Phi) is 6.91. The van der Waals surface area contributed by atoms with Gasteiger partial charge in [-0.25, -0.2) is 0 Å². The first-order valence-corrected chi connectivity index (χ1v) is 9.99. The molecule has 29 heavy (non-hydrogen) atoms. The zero-order valence-corrected chi connectivity index (χ0v) is 17.0. The molecule has 0 aliphatic heterocycles. The van der Waals surface area contributed by atoms with E-state index in [0.29, 0.717) is 23.0 Å². The lowest BCUT2D eigenvalue weighted by Crippen LogP contribution is -2.41. The monoisotopic (exact) mass is 410 g/mol. The van der Waals surface area contributed by atoms with Gasteiger partial charge in [0.15, 0.2) is 0 Å². The van der Waals surface area contributed by atoms with Crippen LogP contribution < -0.4 is 15.4 Å². The van der Waals surface area contributed by atoms with Crippen molar-refractivity contribution in [1.29, 1.82) is 0 Å². The molecule has 1 aromatic heterocycles. The average Bonchev–Trinajstić information content (AvgIpc) is 3.21. The number of methoxy groups -OCH3 is 1. The quantitative estimate of drug-likeness (QED) is 0.594. The molecule has 3 rings (SSSR count). The molecule has 0 fully saturated rings. The molecule has 150 valence electrons. The number of amides is 2. The highest BCUT2D eigenvalue weighted by Gasteiger charge is 2.17. The number of benzene rings is 2. The molecular formula is C21H22N4O3S. The van der Waals surface area contributed by atoms with Crippen LogP contribution >= 0.6 is 11.3 Å². The SMILES string of the molecule is COc1ccc(-c2nnc(NC(=O)[C@@H](C)NC(=O)CCc3ccccc3)s2)cc1. The van der Waals surface area contributed by atoms with Crippen LogP contribution in [0, 0.1) is 0 Å². The molecule has 0 saturated heterocycles. The fourth-order valence-corrected chi connectivity index (χ4v) is 3.37. The van der Waals surface area contributed by atoms with Gasteiger partial charge in [-0.05, 0) is 43.2 Å². The predicted octanol–water partition coefficient (Wildman–Crippen LogP) is 3.29. The van der Waals surface area contributed by atoms with E-state index in [-0.39, 0.29) is 11.8 Å². The van der Waals surface area contributed by atoms with Crippen molar-refractivity contribution >= 4 is 28.3 Å². The van der Waals surface area contributed by atoms with Gasteiger partial charge in [-0.3, -0.25) is 14.9 Å². The van der Waals surface area contributed by atoms with Crippen LogP contribution in [0.5, 0.6) is 5.75 Å². The van der Waals surface area contributed by atoms with Gasteiger partial charge in [-0.15, -0.1) is 10.2 Å². The summed E-state index contributed by atoms with van der Waals surface area (Å²) in [7, 11) is 1.61. The number of carbonyl (C=O) groups is 2. The number of ether oxygens (including phenoxy) is 1. The van der Waals surface area contributed by atoms with Crippen molar-refractivity contribution in [1.82, 2.24) is 15.5 Å². The van der Waals surface area contributed by atoms with Crippen molar-refractivity contribution in [3.8, 4) is 16.3 Å². The fraction of sp³-hybridized carbons (Fsp3) is 0.238. The lowest BCUT2D eigenvalue weighted by Gasteiger charge is -2.12. The summed E-state index contributed by atoms with van der Waals surface area (Å²) < 4.78 is 5.14. The van der Waals surface area contributed by atoms with Crippen LogP contribution in [0.25, 0.3) is 10.6 Å². The summed E-state index contributed by atoms with van der Waals surface area (Å²) in [5.41, 5.74) is 1.96. The first kappa shape index (κ1) is 20.5. The summed E-state index contributed by atoms with van der Waals surface area (Å²) in [6.07, 6.45) is 0.949. The van der Waals surface area contributed by atoms with E-state index in [0.717, 1.165) is 16.9 Å². The molecule has 0 aliphatic carbocycles.